The molecule has 0 bridgehead atoms. The monoisotopic (exact) mass is 494 g/mol. The van der Waals surface area contributed by atoms with Crippen LogP contribution in [-0.4, -0.2) is 29.1 Å². The van der Waals surface area contributed by atoms with Crippen LogP contribution in [0.15, 0.2) is 72.8 Å². The zero-order chi connectivity index (χ0) is 25.9. The molecule has 1 unspecified atom stereocenters. The van der Waals surface area contributed by atoms with Gasteiger partial charge in [0.1, 0.15) is 16.8 Å². The van der Waals surface area contributed by atoms with E-state index in [0.29, 0.717) is 0 Å². The molecule has 1 aliphatic carbocycles. The van der Waals surface area contributed by atoms with Crippen molar-refractivity contribution in [1.82, 2.24) is 9.97 Å². The smallest absolute Gasteiger partial charge is 0.269 e. The molecule has 5 rings (SSSR count). The minimum atomic E-state index is -0.406. The van der Waals surface area contributed by atoms with Crippen molar-refractivity contribution < 1.29 is 14.4 Å². The number of hydrogen-bond donors (Lipinski definition) is 1. The Kier molecular flexibility index (Phi) is 6.55. The molecule has 0 aliphatic heterocycles. The van der Waals surface area contributed by atoms with E-state index in [1.54, 1.807) is 26.4 Å². The highest BCUT2D eigenvalue weighted by Crippen LogP contribution is 2.30. The first kappa shape index (κ1) is 24.0. The number of nitrogens with one attached hydrogen (secondary N) is 1. The van der Waals surface area contributed by atoms with Crippen molar-refractivity contribution in [2.45, 2.75) is 13.3 Å². The highest BCUT2D eigenvalue weighted by molar-refractivity contribution is 5.79. The highest BCUT2D eigenvalue weighted by atomic mass is 16.6. The van der Waals surface area contributed by atoms with Crippen LogP contribution in [0.5, 0.6) is 11.5 Å². The maximum absolute atomic E-state index is 11.0. The average Bonchev–Trinajstić information content (AvgIpc) is 2.93. The second-order valence-electron chi connectivity index (χ2n) is 8.87. The number of ether oxygens (including phenoxy) is 2. The molecule has 1 heterocycles. The van der Waals surface area contributed by atoms with Crippen molar-refractivity contribution in [3.63, 3.8) is 0 Å². The van der Waals surface area contributed by atoms with Crippen molar-refractivity contribution in [3.05, 3.63) is 93.6 Å². The average molecular weight is 495 g/mol. The van der Waals surface area contributed by atoms with E-state index >= 15 is 0 Å². The van der Waals surface area contributed by atoms with Crippen molar-refractivity contribution >= 4 is 23.1 Å². The van der Waals surface area contributed by atoms with Crippen LogP contribution in [0.1, 0.15) is 13.3 Å². The Balaban J connectivity index is 1.69. The van der Waals surface area contributed by atoms with E-state index < -0.39 is 4.92 Å². The van der Waals surface area contributed by atoms with E-state index in [1.165, 1.54) is 12.1 Å². The Hall–Kier alpha value is -4.72. The summed E-state index contributed by atoms with van der Waals surface area (Å²) >= 11 is 0. The van der Waals surface area contributed by atoms with Gasteiger partial charge in [-0.1, -0.05) is 13.0 Å². The molecule has 0 saturated carbocycles. The molecule has 8 heteroatoms. The molecule has 0 spiro atoms. The second kappa shape index (κ2) is 10.1. The van der Waals surface area contributed by atoms with Gasteiger partial charge in [-0.2, -0.15) is 0 Å². The van der Waals surface area contributed by atoms with E-state index in [0.717, 1.165) is 62.5 Å². The van der Waals surface area contributed by atoms with Gasteiger partial charge in [0.15, 0.2) is 0 Å². The molecule has 8 nitrogen and oxygen atoms in total. The first-order valence-corrected chi connectivity index (χ1v) is 11.9. The summed E-state index contributed by atoms with van der Waals surface area (Å²) in [5.41, 5.74) is 5.08. The Bertz CT molecular complexity index is 1560. The summed E-state index contributed by atoms with van der Waals surface area (Å²) in [6.07, 6.45) is 2.87. The molecular weight excluding hydrogens is 468 g/mol. The van der Waals surface area contributed by atoms with Crippen LogP contribution < -0.4 is 25.5 Å². The lowest BCUT2D eigenvalue weighted by Crippen LogP contribution is -2.40. The van der Waals surface area contributed by atoms with Crippen molar-refractivity contribution in [2.24, 2.45) is 5.92 Å². The van der Waals surface area contributed by atoms with Crippen LogP contribution in [0.3, 0.4) is 0 Å². The van der Waals surface area contributed by atoms with Crippen LogP contribution in [0, 0.1) is 16.0 Å². The zero-order valence-corrected chi connectivity index (χ0v) is 20.8. The van der Waals surface area contributed by atoms with Gasteiger partial charge in [0.2, 0.25) is 0 Å². The summed E-state index contributed by atoms with van der Waals surface area (Å²) in [4.78, 5) is 20.9. The zero-order valence-electron chi connectivity index (χ0n) is 20.8. The van der Waals surface area contributed by atoms with Crippen LogP contribution in [0.25, 0.3) is 34.3 Å². The van der Waals surface area contributed by atoms with Crippen LogP contribution in [0.2, 0.25) is 0 Å². The molecule has 1 N–H and O–H groups in total. The largest absolute Gasteiger partial charge is 0.497 e. The Morgan fingerprint density at radius 3 is 1.89 bits per heavy atom. The molecule has 3 aromatic carbocycles. The first-order valence-electron chi connectivity index (χ1n) is 11.9. The van der Waals surface area contributed by atoms with E-state index in [1.807, 2.05) is 48.5 Å². The number of nitro benzene ring substituents is 1. The van der Waals surface area contributed by atoms with Gasteiger partial charge in [0.25, 0.3) is 5.69 Å². The van der Waals surface area contributed by atoms with Gasteiger partial charge >= 0.3 is 0 Å². The fourth-order valence-electron chi connectivity index (χ4n) is 4.38. The molecule has 1 aromatic heterocycles. The number of aromatic nitrogens is 2. The van der Waals surface area contributed by atoms with Gasteiger partial charge in [0, 0.05) is 34.6 Å². The van der Waals surface area contributed by atoms with Gasteiger partial charge in [-0.3, -0.25) is 10.1 Å². The molecule has 0 radical (unpaired) electrons. The van der Waals surface area contributed by atoms with Gasteiger partial charge in [-0.15, -0.1) is 0 Å². The standard InChI is InChI=1S/C29H26N4O4/c1-18-16-25(30-21-8-10-22(11-9-21)33(34)35)29-26(17-18)31-27(19-4-12-23(36-2)13-5-19)28(32-29)20-6-14-24(37-3)15-7-20/h4-15,17-18,30H,16H2,1-3H3. The van der Waals surface area contributed by atoms with Gasteiger partial charge < -0.3 is 14.8 Å². The SMILES string of the molecule is COc1ccc(-c2nc3c(nc2-c2ccc(OC)cc2)=C(Nc2ccc([N+](=O)[O-])cc2)CC(C)C=3)cc1. The number of nitrogens with zero attached hydrogens (tertiary/aromatic N) is 3. The Morgan fingerprint density at radius 1 is 0.838 bits per heavy atom. The van der Waals surface area contributed by atoms with Gasteiger partial charge in [-0.05, 0) is 73.0 Å². The summed E-state index contributed by atoms with van der Waals surface area (Å²) < 4.78 is 10.7. The molecule has 0 fully saturated rings. The topological polar surface area (TPSA) is 99.4 Å². The van der Waals surface area contributed by atoms with Crippen LogP contribution in [-0.2, 0) is 0 Å². The maximum atomic E-state index is 11.0. The molecule has 4 aromatic rings. The van der Waals surface area contributed by atoms with Crippen molar-refractivity contribution in [3.8, 4) is 34.0 Å². The van der Waals surface area contributed by atoms with Crippen LogP contribution >= 0.6 is 0 Å². The predicted molar refractivity (Wildman–Crippen MR) is 144 cm³/mol. The Labute approximate surface area is 214 Å². The lowest BCUT2D eigenvalue weighted by molar-refractivity contribution is -0.384. The number of rotatable bonds is 7. The molecule has 186 valence electrons. The van der Waals surface area contributed by atoms with Crippen molar-refractivity contribution in [2.75, 3.05) is 19.5 Å². The number of methoxy groups -OCH3 is 2. The van der Waals surface area contributed by atoms with Gasteiger partial charge in [0.05, 0.1) is 35.9 Å². The van der Waals surface area contributed by atoms with E-state index in [2.05, 4.69) is 18.3 Å². The van der Waals surface area contributed by atoms with Crippen LogP contribution in [0.4, 0.5) is 11.4 Å². The third-order valence-corrected chi connectivity index (χ3v) is 6.28. The predicted octanol–water partition coefficient (Wildman–Crippen LogP) is 4.78. The normalized spacial score (nSPS) is 14.4. The number of nitro groups is 1. The van der Waals surface area contributed by atoms with Gasteiger partial charge in [-0.25, -0.2) is 9.97 Å². The number of anilines is 1. The molecular formula is C29H26N4O4. The quantitative estimate of drug-likeness (QED) is 0.292. The molecule has 0 amide bonds. The minimum Gasteiger partial charge on any atom is -0.497 e. The molecule has 1 atom stereocenters. The minimum absolute atomic E-state index is 0.0482. The summed E-state index contributed by atoms with van der Waals surface area (Å²) in [6, 6.07) is 21.9. The number of non-ortho nitro benzene ring substituents is 1. The Morgan fingerprint density at radius 2 is 1.38 bits per heavy atom. The molecule has 37 heavy (non-hydrogen) atoms. The summed E-state index contributed by atoms with van der Waals surface area (Å²) in [5, 5.41) is 16.0. The summed E-state index contributed by atoms with van der Waals surface area (Å²) in [6.45, 7) is 2.13. The lowest BCUT2D eigenvalue weighted by Gasteiger charge is -2.19. The van der Waals surface area contributed by atoms with E-state index in [9.17, 15) is 10.1 Å². The summed E-state index contributed by atoms with van der Waals surface area (Å²) in [7, 11) is 3.28. The van der Waals surface area contributed by atoms with E-state index in [4.69, 9.17) is 19.4 Å². The highest BCUT2D eigenvalue weighted by Gasteiger charge is 2.18. The van der Waals surface area contributed by atoms with Crippen molar-refractivity contribution in [1.29, 1.82) is 0 Å². The summed E-state index contributed by atoms with van der Waals surface area (Å²) in [5.74, 6) is 1.76. The lowest BCUT2D eigenvalue weighted by atomic mass is 9.98. The number of hydrogen-bond acceptors (Lipinski definition) is 7. The van der Waals surface area contributed by atoms with E-state index in [-0.39, 0.29) is 11.6 Å². The third kappa shape index (κ3) is 4.99. The number of benzene rings is 3. The molecule has 1 aliphatic rings. The fraction of sp³-hybridized carbons (Fsp3) is 0.172. The third-order valence-electron chi connectivity index (χ3n) is 6.28. The molecule has 0 saturated heterocycles. The number of fused-ring (bicyclic) bond motifs is 1. The second-order valence-corrected chi connectivity index (χ2v) is 8.87. The maximum Gasteiger partial charge on any atom is 0.269 e. The first-order chi connectivity index (χ1) is 17.9. The fourth-order valence-corrected chi connectivity index (χ4v) is 4.38.